The first-order valence-corrected chi connectivity index (χ1v) is 8.99. The van der Waals surface area contributed by atoms with Gasteiger partial charge in [-0.2, -0.15) is 0 Å². The van der Waals surface area contributed by atoms with Gasteiger partial charge in [-0.3, -0.25) is 4.90 Å². The molecule has 3 unspecified atom stereocenters. The number of ether oxygens (including phenoxy) is 2. The maximum Gasteiger partial charge on any atom is 0.340 e. The lowest BCUT2D eigenvalue weighted by Gasteiger charge is -2.45. The third kappa shape index (κ3) is 3.96. The number of methoxy groups -OCH3 is 1. The van der Waals surface area contributed by atoms with Crippen LogP contribution in [-0.4, -0.2) is 62.4 Å². The van der Waals surface area contributed by atoms with E-state index in [9.17, 15) is 9.18 Å². The van der Waals surface area contributed by atoms with Gasteiger partial charge in [-0.1, -0.05) is 0 Å². The SMILES string of the molecule is COC(=O)c1cc(N2CCN(C3CCC(C)OC3)CC2C)ccc1F. The number of esters is 1. The summed E-state index contributed by atoms with van der Waals surface area (Å²) in [6.45, 7) is 7.82. The molecule has 138 valence electrons. The average molecular weight is 350 g/mol. The van der Waals surface area contributed by atoms with Crippen molar-refractivity contribution in [1.82, 2.24) is 4.90 Å². The van der Waals surface area contributed by atoms with E-state index in [1.165, 1.54) is 19.6 Å². The van der Waals surface area contributed by atoms with Gasteiger partial charge in [-0.15, -0.1) is 0 Å². The van der Waals surface area contributed by atoms with Crippen LogP contribution in [0, 0.1) is 5.82 Å². The lowest BCUT2D eigenvalue weighted by Crippen LogP contribution is -2.56. The van der Waals surface area contributed by atoms with Crippen molar-refractivity contribution >= 4 is 11.7 Å². The normalized spacial score (nSPS) is 28.0. The highest BCUT2D eigenvalue weighted by molar-refractivity contribution is 5.90. The zero-order valence-corrected chi connectivity index (χ0v) is 15.2. The van der Waals surface area contributed by atoms with Crippen LogP contribution >= 0.6 is 0 Å². The average Bonchev–Trinajstić information content (AvgIpc) is 2.62. The predicted octanol–water partition coefficient (Wildman–Crippen LogP) is 2.69. The first-order valence-electron chi connectivity index (χ1n) is 8.99. The minimum Gasteiger partial charge on any atom is -0.465 e. The molecule has 0 bridgehead atoms. The molecule has 0 radical (unpaired) electrons. The summed E-state index contributed by atoms with van der Waals surface area (Å²) in [4.78, 5) is 16.5. The van der Waals surface area contributed by atoms with Crippen molar-refractivity contribution in [1.29, 1.82) is 0 Å². The van der Waals surface area contributed by atoms with Gasteiger partial charge >= 0.3 is 5.97 Å². The fourth-order valence-corrected chi connectivity index (χ4v) is 3.82. The summed E-state index contributed by atoms with van der Waals surface area (Å²) in [6.07, 6.45) is 2.65. The fourth-order valence-electron chi connectivity index (χ4n) is 3.82. The largest absolute Gasteiger partial charge is 0.465 e. The van der Waals surface area contributed by atoms with Crippen LogP contribution in [0.4, 0.5) is 10.1 Å². The Balaban J connectivity index is 1.68. The van der Waals surface area contributed by atoms with Gasteiger partial charge < -0.3 is 14.4 Å². The van der Waals surface area contributed by atoms with Crippen molar-refractivity contribution in [3.05, 3.63) is 29.6 Å². The molecule has 2 fully saturated rings. The van der Waals surface area contributed by atoms with Gasteiger partial charge in [-0.25, -0.2) is 9.18 Å². The van der Waals surface area contributed by atoms with E-state index in [4.69, 9.17) is 4.74 Å². The highest BCUT2D eigenvalue weighted by atomic mass is 19.1. The van der Waals surface area contributed by atoms with E-state index in [-0.39, 0.29) is 11.6 Å². The summed E-state index contributed by atoms with van der Waals surface area (Å²) >= 11 is 0. The Morgan fingerprint density at radius 2 is 2.08 bits per heavy atom. The van der Waals surface area contributed by atoms with Crippen LogP contribution in [0.5, 0.6) is 0 Å². The lowest BCUT2D eigenvalue weighted by atomic mass is 10.0. The Hall–Kier alpha value is -1.66. The second-order valence-electron chi connectivity index (χ2n) is 7.07. The molecular formula is C19H27FN2O3. The maximum atomic E-state index is 13.9. The second-order valence-corrected chi connectivity index (χ2v) is 7.07. The first-order chi connectivity index (χ1) is 12.0. The standard InChI is InChI=1S/C19H27FN2O3/c1-13-11-21(16-5-4-14(2)25-12-16)8-9-22(13)15-6-7-18(20)17(10-15)19(23)24-3/h6-7,10,13-14,16H,4-5,8-9,11-12H2,1-3H3. The molecule has 0 aliphatic carbocycles. The Morgan fingerprint density at radius 3 is 2.72 bits per heavy atom. The number of carbonyl (C=O) groups excluding carboxylic acids is 1. The Bertz CT molecular complexity index is 617. The monoisotopic (exact) mass is 350 g/mol. The van der Waals surface area contributed by atoms with Crippen LogP contribution in [0.1, 0.15) is 37.0 Å². The topological polar surface area (TPSA) is 42.0 Å². The molecule has 2 heterocycles. The van der Waals surface area contributed by atoms with Crippen LogP contribution in [0.15, 0.2) is 18.2 Å². The zero-order valence-electron chi connectivity index (χ0n) is 15.2. The van der Waals surface area contributed by atoms with Crippen molar-refractivity contribution in [2.45, 2.75) is 44.9 Å². The van der Waals surface area contributed by atoms with Crippen molar-refractivity contribution in [3.8, 4) is 0 Å². The van der Waals surface area contributed by atoms with Gasteiger partial charge in [0.2, 0.25) is 0 Å². The van der Waals surface area contributed by atoms with E-state index in [1.807, 2.05) is 0 Å². The number of piperazine rings is 1. The van der Waals surface area contributed by atoms with Gasteiger partial charge in [0.15, 0.2) is 0 Å². The van der Waals surface area contributed by atoms with Gasteiger partial charge in [0.05, 0.1) is 25.4 Å². The van der Waals surface area contributed by atoms with Crippen LogP contribution < -0.4 is 4.90 Å². The molecule has 6 heteroatoms. The molecule has 2 aliphatic heterocycles. The van der Waals surface area contributed by atoms with E-state index < -0.39 is 11.8 Å². The van der Waals surface area contributed by atoms with Crippen molar-refractivity contribution < 1.29 is 18.7 Å². The molecular weight excluding hydrogens is 323 g/mol. The molecule has 0 aromatic heterocycles. The zero-order chi connectivity index (χ0) is 18.0. The number of benzene rings is 1. The Kier molecular flexibility index (Phi) is 5.59. The molecule has 3 atom stereocenters. The summed E-state index contributed by atoms with van der Waals surface area (Å²) in [7, 11) is 1.27. The van der Waals surface area contributed by atoms with Gasteiger partial charge in [0.1, 0.15) is 5.82 Å². The van der Waals surface area contributed by atoms with Crippen LogP contribution in [0.2, 0.25) is 0 Å². The minimum atomic E-state index is -0.640. The molecule has 0 saturated carbocycles. The summed E-state index contributed by atoms with van der Waals surface area (Å²) in [6, 6.07) is 5.44. The predicted molar refractivity (Wildman–Crippen MR) is 94.6 cm³/mol. The van der Waals surface area contributed by atoms with E-state index in [1.54, 1.807) is 12.1 Å². The molecule has 0 N–H and O–H groups in total. The highest BCUT2D eigenvalue weighted by Crippen LogP contribution is 2.26. The minimum absolute atomic E-state index is 0.00991. The molecule has 1 aromatic rings. The van der Waals surface area contributed by atoms with E-state index in [2.05, 4.69) is 28.4 Å². The van der Waals surface area contributed by atoms with E-state index in [0.717, 1.165) is 38.3 Å². The Morgan fingerprint density at radius 1 is 1.28 bits per heavy atom. The molecule has 3 rings (SSSR count). The van der Waals surface area contributed by atoms with Gasteiger partial charge in [0, 0.05) is 37.4 Å². The third-order valence-electron chi connectivity index (χ3n) is 5.34. The Labute approximate surface area is 148 Å². The number of nitrogens with zero attached hydrogens (tertiary/aromatic N) is 2. The smallest absolute Gasteiger partial charge is 0.340 e. The number of carbonyl (C=O) groups is 1. The number of anilines is 1. The van der Waals surface area contributed by atoms with Gasteiger partial charge in [0.25, 0.3) is 0 Å². The molecule has 2 aliphatic rings. The number of rotatable bonds is 3. The first kappa shape index (κ1) is 18.1. The molecule has 2 saturated heterocycles. The molecule has 25 heavy (non-hydrogen) atoms. The van der Waals surface area contributed by atoms with Crippen LogP contribution in [0.3, 0.4) is 0 Å². The number of hydrogen-bond donors (Lipinski definition) is 0. The number of halogens is 1. The maximum absolute atomic E-state index is 13.9. The molecule has 0 amide bonds. The molecule has 1 aromatic carbocycles. The second kappa shape index (κ2) is 7.70. The van der Waals surface area contributed by atoms with Crippen LogP contribution in [0.25, 0.3) is 0 Å². The van der Waals surface area contributed by atoms with Crippen molar-refractivity contribution in [3.63, 3.8) is 0 Å². The fraction of sp³-hybridized carbons (Fsp3) is 0.632. The van der Waals surface area contributed by atoms with Gasteiger partial charge in [-0.05, 0) is 44.9 Å². The summed E-state index contributed by atoms with van der Waals surface area (Å²) < 4.78 is 24.3. The quantitative estimate of drug-likeness (QED) is 0.784. The van der Waals surface area contributed by atoms with Crippen LogP contribution in [-0.2, 0) is 9.47 Å². The van der Waals surface area contributed by atoms with Crippen molar-refractivity contribution in [2.24, 2.45) is 0 Å². The summed E-state index contributed by atoms with van der Waals surface area (Å²) in [5.74, 6) is -1.19. The summed E-state index contributed by atoms with van der Waals surface area (Å²) in [5.41, 5.74) is 0.853. The molecule has 5 nitrogen and oxygen atoms in total. The summed E-state index contributed by atoms with van der Waals surface area (Å²) in [5, 5.41) is 0. The lowest BCUT2D eigenvalue weighted by molar-refractivity contribution is -0.0316. The highest BCUT2D eigenvalue weighted by Gasteiger charge is 2.31. The molecule has 0 spiro atoms. The third-order valence-corrected chi connectivity index (χ3v) is 5.34. The number of hydrogen-bond acceptors (Lipinski definition) is 5. The van der Waals surface area contributed by atoms with E-state index in [0.29, 0.717) is 12.1 Å². The van der Waals surface area contributed by atoms with Crippen molar-refractivity contribution in [2.75, 3.05) is 38.3 Å². The van der Waals surface area contributed by atoms with E-state index >= 15 is 0 Å².